The van der Waals surface area contributed by atoms with Crippen molar-refractivity contribution in [2.75, 3.05) is 0 Å². The molecular weight excluding hydrogens is 160 g/mol. The van der Waals surface area contributed by atoms with E-state index >= 15 is 0 Å². The largest absolute Gasteiger partial charge is 0.393 e. The number of rotatable bonds is 0. The summed E-state index contributed by atoms with van der Waals surface area (Å²) in [6, 6.07) is 0. The minimum absolute atomic E-state index is 0.151. The molecule has 72 valence electrons. The first-order valence-electron chi connectivity index (χ1n) is 4.33. The molecule has 1 aliphatic rings. The number of hydrogen-bond acceptors (Lipinski definition) is 4. The first kappa shape index (κ1) is 9.92. The lowest BCUT2D eigenvalue weighted by Gasteiger charge is -2.27. The summed E-state index contributed by atoms with van der Waals surface area (Å²) in [5.41, 5.74) is 0. The second-order valence-electron chi connectivity index (χ2n) is 3.45. The molecular formula is C8H16O4. The Morgan fingerprint density at radius 2 is 1.50 bits per heavy atom. The van der Waals surface area contributed by atoms with Crippen molar-refractivity contribution in [1.29, 1.82) is 0 Å². The van der Waals surface area contributed by atoms with E-state index in [0.717, 1.165) is 0 Å². The molecule has 4 heteroatoms. The minimum atomic E-state index is -1.11. The van der Waals surface area contributed by atoms with Crippen LogP contribution in [0.3, 0.4) is 0 Å². The van der Waals surface area contributed by atoms with Crippen molar-refractivity contribution in [2.24, 2.45) is 0 Å². The zero-order valence-electron chi connectivity index (χ0n) is 6.93. The predicted molar refractivity (Wildman–Crippen MR) is 42.5 cm³/mol. The maximum absolute atomic E-state index is 9.26. The van der Waals surface area contributed by atoms with Crippen molar-refractivity contribution < 1.29 is 20.4 Å². The van der Waals surface area contributed by atoms with Crippen molar-refractivity contribution in [2.45, 2.75) is 50.1 Å². The second-order valence-corrected chi connectivity index (χ2v) is 3.45. The smallest absolute Gasteiger partial charge is 0.106 e. The van der Waals surface area contributed by atoms with Gasteiger partial charge in [-0.1, -0.05) is 0 Å². The third kappa shape index (κ3) is 2.42. The van der Waals surface area contributed by atoms with E-state index in [-0.39, 0.29) is 6.42 Å². The molecule has 4 N–H and O–H groups in total. The van der Waals surface area contributed by atoms with Gasteiger partial charge in [-0.2, -0.15) is 0 Å². The van der Waals surface area contributed by atoms with E-state index < -0.39 is 24.4 Å². The van der Waals surface area contributed by atoms with Crippen LogP contribution in [-0.4, -0.2) is 44.8 Å². The normalized spacial score (nSPS) is 45.0. The van der Waals surface area contributed by atoms with Crippen LogP contribution in [0, 0.1) is 0 Å². The summed E-state index contributed by atoms with van der Waals surface area (Å²) in [7, 11) is 0. The van der Waals surface area contributed by atoms with Gasteiger partial charge >= 0.3 is 0 Å². The lowest BCUT2D eigenvalue weighted by molar-refractivity contribution is -0.0855. The Kier molecular flexibility index (Phi) is 3.46. The fourth-order valence-corrected chi connectivity index (χ4v) is 1.53. The maximum atomic E-state index is 9.26. The highest BCUT2D eigenvalue weighted by Crippen LogP contribution is 2.18. The van der Waals surface area contributed by atoms with Gasteiger partial charge in [-0.05, 0) is 19.3 Å². The summed E-state index contributed by atoms with van der Waals surface area (Å²) in [5.74, 6) is 0. The average molecular weight is 176 g/mol. The van der Waals surface area contributed by atoms with Crippen molar-refractivity contribution in [3.8, 4) is 0 Å². The van der Waals surface area contributed by atoms with Gasteiger partial charge in [-0.3, -0.25) is 0 Å². The number of aliphatic hydroxyl groups is 4. The van der Waals surface area contributed by atoms with Gasteiger partial charge in [0.2, 0.25) is 0 Å². The zero-order chi connectivity index (χ0) is 9.14. The third-order valence-corrected chi connectivity index (χ3v) is 2.34. The van der Waals surface area contributed by atoms with Crippen molar-refractivity contribution in [3.63, 3.8) is 0 Å². The van der Waals surface area contributed by atoms with E-state index in [9.17, 15) is 20.4 Å². The highest BCUT2D eigenvalue weighted by atomic mass is 16.4. The van der Waals surface area contributed by atoms with E-state index in [0.29, 0.717) is 19.3 Å². The van der Waals surface area contributed by atoms with Crippen LogP contribution < -0.4 is 0 Å². The van der Waals surface area contributed by atoms with Crippen molar-refractivity contribution in [3.05, 3.63) is 0 Å². The van der Waals surface area contributed by atoms with Crippen LogP contribution in [0.1, 0.15) is 25.7 Å². The standard InChI is InChI=1S/C8H16O4/c9-5-2-1-3-6(10)8(12)7(11)4-5/h5-12H,1-4H2. The van der Waals surface area contributed by atoms with Gasteiger partial charge < -0.3 is 20.4 Å². The molecule has 0 aromatic carbocycles. The van der Waals surface area contributed by atoms with E-state index in [1.54, 1.807) is 0 Å². The highest BCUT2D eigenvalue weighted by Gasteiger charge is 2.28. The van der Waals surface area contributed by atoms with E-state index in [4.69, 9.17) is 0 Å². The molecule has 4 atom stereocenters. The summed E-state index contributed by atoms with van der Waals surface area (Å²) in [6.45, 7) is 0. The Bertz CT molecular complexity index is 139. The molecule has 0 heterocycles. The predicted octanol–water partition coefficient (Wildman–Crippen LogP) is -0.996. The molecule has 0 spiro atoms. The molecule has 0 aromatic heterocycles. The van der Waals surface area contributed by atoms with Crippen molar-refractivity contribution in [1.82, 2.24) is 0 Å². The van der Waals surface area contributed by atoms with Gasteiger partial charge in [0.05, 0.1) is 18.3 Å². The molecule has 0 aliphatic heterocycles. The molecule has 4 nitrogen and oxygen atoms in total. The summed E-state index contributed by atoms with van der Waals surface area (Å²) in [4.78, 5) is 0. The van der Waals surface area contributed by atoms with Gasteiger partial charge in [0.1, 0.15) is 6.10 Å². The summed E-state index contributed by atoms with van der Waals surface area (Å²) in [6.07, 6.45) is -1.66. The lowest BCUT2D eigenvalue weighted by atomic mass is 9.92. The van der Waals surface area contributed by atoms with Gasteiger partial charge in [0.15, 0.2) is 0 Å². The number of aliphatic hydroxyl groups excluding tert-OH is 4. The summed E-state index contributed by atoms with van der Waals surface area (Å²) < 4.78 is 0. The van der Waals surface area contributed by atoms with Gasteiger partial charge in [0, 0.05) is 6.42 Å². The molecule has 0 radical (unpaired) electrons. The molecule has 4 unspecified atom stereocenters. The number of hydrogen-bond donors (Lipinski definition) is 4. The average Bonchev–Trinajstić information content (AvgIpc) is 2.01. The fraction of sp³-hybridized carbons (Fsp3) is 1.00. The Morgan fingerprint density at radius 3 is 2.17 bits per heavy atom. The van der Waals surface area contributed by atoms with Crippen LogP contribution in [0.4, 0.5) is 0 Å². The Labute approximate surface area is 71.5 Å². The molecule has 1 fully saturated rings. The first-order chi connectivity index (χ1) is 5.61. The molecule has 0 amide bonds. The first-order valence-corrected chi connectivity index (χ1v) is 4.33. The molecule has 1 aliphatic carbocycles. The highest BCUT2D eigenvalue weighted by molar-refractivity contribution is 4.80. The van der Waals surface area contributed by atoms with Crippen LogP contribution in [0.2, 0.25) is 0 Å². The fourth-order valence-electron chi connectivity index (χ4n) is 1.53. The molecule has 0 saturated heterocycles. The van der Waals surface area contributed by atoms with Crippen LogP contribution >= 0.6 is 0 Å². The van der Waals surface area contributed by atoms with Crippen LogP contribution in [0.15, 0.2) is 0 Å². The van der Waals surface area contributed by atoms with Gasteiger partial charge in [-0.25, -0.2) is 0 Å². The Morgan fingerprint density at radius 1 is 0.833 bits per heavy atom. The molecule has 0 bridgehead atoms. The van der Waals surface area contributed by atoms with Crippen LogP contribution in [-0.2, 0) is 0 Å². The van der Waals surface area contributed by atoms with Crippen molar-refractivity contribution >= 4 is 0 Å². The monoisotopic (exact) mass is 176 g/mol. The van der Waals surface area contributed by atoms with Gasteiger partial charge in [-0.15, -0.1) is 0 Å². The second kappa shape index (κ2) is 4.18. The van der Waals surface area contributed by atoms with E-state index in [1.807, 2.05) is 0 Å². The summed E-state index contributed by atoms with van der Waals surface area (Å²) in [5, 5.41) is 37.0. The molecule has 1 saturated carbocycles. The zero-order valence-corrected chi connectivity index (χ0v) is 6.93. The lowest BCUT2D eigenvalue weighted by Crippen LogP contribution is -2.40. The summed E-state index contributed by atoms with van der Waals surface area (Å²) >= 11 is 0. The van der Waals surface area contributed by atoms with Gasteiger partial charge in [0.25, 0.3) is 0 Å². The minimum Gasteiger partial charge on any atom is -0.393 e. The maximum Gasteiger partial charge on any atom is 0.106 e. The van der Waals surface area contributed by atoms with E-state index in [2.05, 4.69) is 0 Å². The quantitative estimate of drug-likeness (QED) is 0.382. The van der Waals surface area contributed by atoms with Crippen LogP contribution in [0.25, 0.3) is 0 Å². The molecule has 0 aromatic rings. The third-order valence-electron chi connectivity index (χ3n) is 2.34. The topological polar surface area (TPSA) is 80.9 Å². The van der Waals surface area contributed by atoms with E-state index in [1.165, 1.54) is 0 Å². The Balaban J connectivity index is 2.50. The van der Waals surface area contributed by atoms with Crippen LogP contribution in [0.5, 0.6) is 0 Å². The molecule has 12 heavy (non-hydrogen) atoms. The Hall–Kier alpha value is -0.160. The SMILES string of the molecule is OC1CCCC(O)C(O)C(O)C1. The molecule has 1 rings (SSSR count).